The number of fused-ring (bicyclic) bond motifs is 5. The van der Waals surface area contributed by atoms with E-state index in [-0.39, 0.29) is 28.9 Å². The summed E-state index contributed by atoms with van der Waals surface area (Å²) >= 11 is 0. The molecule has 0 aromatic heterocycles. The van der Waals surface area contributed by atoms with Crippen LogP contribution in [0.1, 0.15) is 75.6 Å². The Hall–Kier alpha value is -2.17. The fraction of sp³-hybridized carbons (Fsp3) is 0.654. The van der Waals surface area contributed by atoms with Crippen molar-refractivity contribution in [2.45, 2.75) is 77.4 Å². The van der Waals surface area contributed by atoms with Crippen LogP contribution in [0.2, 0.25) is 0 Å². The van der Waals surface area contributed by atoms with Crippen LogP contribution in [0.3, 0.4) is 0 Å². The Labute approximate surface area is 184 Å². The average Bonchev–Trinajstić information content (AvgIpc) is 3.10. The molecular formula is C26H34N2O3. The average molecular weight is 423 g/mol. The van der Waals surface area contributed by atoms with Gasteiger partial charge in [0.05, 0.1) is 11.6 Å². The number of carbonyl (C=O) groups is 1. The van der Waals surface area contributed by atoms with E-state index in [0.29, 0.717) is 29.0 Å². The normalized spacial score (nSPS) is 41.4. The Kier molecular flexibility index (Phi) is 4.98. The van der Waals surface area contributed by atoms with Crippen LogP contribution in [-0.2, 0) is 4.74 Å². The second kappa shape index (κ2) is 7.46. The van der Waals surface area contributed by atoms with E-state index in [1.807, 2.05) is 0 Å². The topological polar surface area (TPSA) is 81.8 Å². The maximum atomic E-state index is 12.6. The molecule has 5 heteroatoms. The molecule has 0 radical (unpaired) electrons. The van der Waals surface area contributed by atoms with Gasteiger partial charge in [0.2, 0.25) is 0 Å². The summed E-state index contributed by atoms with van der Waals surface area (Å²) in [4.78, 5) is 24.0. The van der Waals surface area contributed by atoms with E-state index in [4.69, 9.17) is 10.5 Å². The zero-order chi connectivity index (χ0) is 21.8. The number of hydrogen-bond acceptors (Lipinski definition) is 5. The quantitative estimate of drug-likeness (QED) is 0.285. The van der Waals surface area contributed by atoms with Crippen molar-refractivity contribution in [1.82, 2.24) is 0 Å². The second-order valence-electron chi connectivity index (χ2n) is 10.9. The number of nitrogen functional groups attached to an aromatic ring is 1. The standard InChI is InChI=1S/C26H34N2O3/c1-25-13-11-19(31-24(29)16-3-6-18(27)7-4-16)15-17(25)5-8-20-21-9-10-23(28-30)26(21,2)14-12-22(20)25/h3-7,19-23H,8-15,27H2,1-2H3/t19?,20?,21?,22?,23?,25-,26-/m0/s1. The molecule has 0 amide bonds. The van der Waals surface area contributed by atoms with Crippen molar-refractivity contribution in [3.8, 4) is 0 Å². The lowest BCUT2D eigenvalue weighted by Gasteiger charge is -2.57. The molecule has 0 heterocycles. The van der Waals surface area contributed by atoms with Gasteiger partial charge < -0.3 is 10.5 Å². The summed E-state index contributed by atoms with van der Waals surface area (Å²) < 4.78 is 5.89. The van der Waals surface area contributed by atoms with Gasteiger partial charge in [-0.2, -0.15) is 4.91 Å². The largest absolute Gasteiger partial charge is 0.458 e. The molecule has 4 aliphatic carbocycles. The smallest absolute Gasteiger partial charge is 0.338 e. The van der Waals surface area contributed by atoms with Crippen molar-refractivity contribution in [2.75, 3.05) is 5.73 Å². The highest BCUT2D eigenvalue weighted by atomic mass is 16.5. The van der Waals surface area contributed by atoms with E-state index in [0.717, 1.165) is 44.9 Å². The molecule has 0 bridgehead atoms. The SMILES string of the molecule is C[C@]12CCC3C(CC=C4CC(OC(=O)c5ccc(N)cc5)CC[C@@]43C)C1CCC2N=O. The number of nitroso groups, excluding NO2 is 1. The number of benzene rings is 1. The van der Waals surface area contributed by atoms with Crippen molar-refractivity contribution in [3.05, 3.63) is 46.4 Å². The number of nitrogens with zero attached hydrogens (tertiary/aromatic N) is 1. The van der Waals surface area contributed by atoms with E-state index >= 15 is 0 Å². The predicted molar refractivity (Wildman–Crippen MR) is 121 cm³/mol. The molecule has 0 aliphatic heterocycles. The summed E-state index contributed by atoms with van der Waals surface area (Å²) in [5.41, 5.74) is 8.71. The lowest BCUT2D eigenvalue weighted by Crippen LogP contribution is -2.51. The van der Waals surface area contributed by atoms with Gasteiger partial charge in [-0.15, -0.1) is 0 Å². The number of carbonyl (C=O) groups excluding carboxylic acids is 1. The van der Waals surface area contributed by atoms with Crippen molar-refractivity contribution in [3.63, 3.8) is 0 Å². The van der Waals surface area contributed by atoms with E-state index in [9.17, 15) is 9.70 Å². The molecule has 0 saturated heterocycles. The third kappa shape index (κ3) is 3.23. The van der Waals surface area contributed by atoms with Crippen molar-refractivity contribution in [2.24, 2.45) is 33.8 Å². The van der Waals surface area contributed by atoms with E-state index in [1.165, 1.54) is 12.0 Å². The summed E-state index contributed by atoms with van der Waals surface area (Å²) in [6.07, 6.45) is 10.8. The fourth-order valence-corrected chi connectivity index (χ4v) is 7.71. The van der Waals surface area contributed by atoms with Crippen LogP contribution >= 0.6 is 0 Å². The molecule has 4 aliphatic rings. The minimum Gasteiger partial charge on any atom is -0.458 e. The van der Waals surface area contributed by atoms with Gasteiger partial charge in [0, 0.05) is 12.1 Å². The number of allylic oxidation sites excluding steroid dienone is 1. The van der Waals surface area contributed by atoms with Crippen LogP contribution in [0.4, 0.5) is 5.69 Å². The fourth-order valence-electron chi connectivity index (χ4n) is 7.71. The minimum atomic E-state index is -0.255. The molecule has 1 aromatic carbocycles. The Bertz CT molecular complexity index is 910. The first-order chi connectivity index (χ1) is 14.8. The van der Waals surface area contributed by atoms with Gasteiger partial charge in [-0.1, -0.05) is 30.7 Å². The maximum Gasteiger partial charge on any atom is 0.338 e. The van der Waals surface area contributed by atoms with Gasteiger partial charge in [-0.25, -0.2) is 4.79 Å². The van der Waals surface area contributed by atoms with E-state index < -0.39 is 0 Å². The van der Waals surface area contributed by atoms with Crippen molar-refractivity contribution < 1.29 is 9.53 Å². The Balaban J connectivity index is 1.31. The first-order valence-corrected chi connectivity index (χ1v) is 11.9. The molecular weight excluding hydrogens is 388 g/mol. The van der Waals surface area contributed by atoms with Crippen LogP contribution in [0.5, 0.6) is 0 Å². The maximum absolute atomic E-state index is 12.6. The molecule has 31 heavy (non-hydrogen) atoms. The van der Waals surface area contributed by atoms with Gasteiger partial charge in [0.1, 0.15) is 6.10 Å². The highest BCUT2D eigenvalue weighted by Gasteiger charge is 2.59. The summed E-state index contributed by atoms with van der Waals surface area (Å²) in [6.45, 7) is 4.77. The first kappa shape index (κ1) is 20.7. The predicted octanol–water partition coefficient (Wildman–Crippen LogP) is 5.89. The van der Waals surface area contributed by atoms with Crippen molar-refractivity contribution >= 4 is 11.7 Å². The van der Waals surface area contributed by atoms with E-state index in [2.05, 4.69) is 25.1 Å². The van der Waals surface area contributed by atoms with Crippen molar-refractivity contribution in [1.29, 1.82) is 0 Å². The molecule has 5 unspecified atom stereocenters. The molecule has 166 valence electrons. The van der Waals surface area contributed by atoms with Gasteiger partial charge >= 0.3 is 5.97 Å². The molecule has 0 spiro atoms. The minimum absolute atomic E-state index is 0.000109. The third-order valence-electron chi connectivity index (χ3n) is 9.56. The van der Waals surface area contributed by atoms with Crippen LogP contribution in [-0.4, -0.2) is 18.1 Å². The molecule has 2 N–H and O–H groups in total. The van der Waals surface area contributed by atoms with Crippen LogP contribution in [0.25, 0.3) is 0 Å². The number of rotatable bonds is 3. The number of nitrogens with two attached hydrogens (primary N) is 1. The molecule has 3 fully saturated rings. The summed E-state index contributed by atoms with van der Waals surface area (Å²) in [6, 6.07) is 6.94. The number of ether oxygens (including phenoxy) is 1. The molecule has 3 saturated carbocycles. The zero-order valence-electron chi connectivity index (χ0n) is 18.7. The highest BCUT2D eigenvalue weighted by Crippen LogP contribution is 2.65. The Morgan fingerprint density at radius 3 is 2.58 bits per heavy atom. The summed E-state index contributed by atoms with van der Waals surface area (Å²) in [5.74, 6) is 1.69. The monoisotopic (exact) mass is 422 g/mol. The lowest BCUT2D eigenvalue weighted by molar-refractivity contribution is -0.0440. The Morgan fingerprint density at radius 2 is 1.84 bits per heavy atom. The molecule has 1 aromatic rings. The lowest BCUT2D eigenvalue weighted by atomic mass is 9.48. The Morgan fingerprint density at radius 1 is 1.06 bits per heavy atom. The summed E-state index contributed by atoms with van der Waals surface area (Å²) in [5, 5.41) is 3.53. The third-order valence-corrected chi connectivity index (χ3v) is 9.56. The highest BCUT2D eigenvalue weighted by molar-refractivity contribution is 5.89. The number of anilines is 1. The van der Waals surface area contributed by atoms with Gasteiger partial charge in [-0.05, 0) is 97.8 Å². The number of hydrogen-bond donors (Lipinski definition) is 1. The zero-order valence-corrected chi connectivity index (χ0v) is 18.7. The van der Waals surface area contributed by atoms with E-state index in [1.54, 1.807) is 24.3 Å². The molecule has 7 atom stereocenters. The first-order valence-electron chi connectivity index (χ1n) is 11.9. The van der Waals surface area contributed by atoms with Crippen LogP contribution in [0.15, 0.2) is 41.1 Å². The van der Waals surface area contributed by atoms with Crippen LogP contribution in [0, 0.1) is 33.5 Å². The van der Waals surface area contributed by atoms with Gasteiger partial charge in [-0.3, -0.25) is 0 Å². The second-order valence-corrected chi connectivity index (χ2v) is 10.9. The summed E-state index contributed by atoms with van der Waals surface area (Å²) in [7, 11) is 0. The van der Waals surface area contributed by atoms with Gasteiger partial charge in [0.15, 0.2) is 0 Å². The molecule has 5 rings (SSSR count). The van der Waals surface area contributed by atoms with Gasteiger partial charge in [0.25, 0.3) is 0 Å². The van der Waals surface area contributed by atoms with Crippen LogP contribution < -0.4 is 5.73 Å². The molecule has 5 nitrogen and oxygen atoms in total. The number of esters is 1.